The molecule has 0 aliphatic rings. The van der Waals surface area contributed by atoms with Crippen LogP contribution in [0, 0.1) is 0 Å². The highest BCUT2D eigenvalue weighted by atomic mass is 16.5. The minimum Gasteiger partial charge on any atom is -0.497 e. The Morgan fingerprint density at radius 1 is 1.36 bits per heavy atom. The Kier molecular flexibility index (Phi) is 1.89. The van der Waals surface area contributed by atoms with Crippen LogP contribution in [0.1, 0.15) is 0 Å². The molecule has 2 rings (SSSR count). The van der Waals surface area contributed by atoms with E-state index in [1.165, 1.54) is 6.07 Å². The number of anilines is 1. The fourth-order valence-electron chi connectivity index (χ4n) is 1.30. The first kappa shape index (κ1) is 8.62. The normalized spacial score (nSPS) is 10.4. The maximum atomic E-state index is 11.0. The van der Waals surface area contributed by atoms with Gasteiger partial charge in [0.15, 0.2) is 0 Å². The lowest BCUT2D eigenvalue weighted by Gasteiger charge is -2.02. The second-order valence-corrected chi connectivity index (χ2v) is 2.88. The highest BCUT2D eigenvalue weighted by Crippen LogP contribution is 2.23. The van der Waals surface area contributed by atoms with E-state index in [9.17, 15) is 4.79 Å². The van der Waals surface area contributed by atoms with Crippen LogP contribution in [0.2, 0.25) is 0 Å². The molecular weight excluding hydrogens is 182 g/mol. The molecule has 0 aliphatic heterocycles. The van der Waals surface area contributed by atoms with Gasteiger partial charge < -0.3 is 14.9 Å². The fourth-order valence-corrected chi connectivity index (χ4v) is 1.30. The highest BCUT2D eigenvalue weighted by Gasteiger charge is 2.03. The first-order valence-corrected chi connectivity index (χ1v) is 4.08. The smallest absolute Gasteiger partial charge is 0.338 e. The molecule has 0 aliphatic carbocycles. The zero-order valence-corrected chi connectivity index (χ0v) is 7.61. The van der Waals surface area contributed by atoms with Crippen LogP contribution < -0.4 is 16.1 Å². The molecule has 0 amide bonds. The van der Waals surface area contributed by atoms with Crippen molar-refractivity contribution in [2.24, 2.45) is 0 Å². The Morgan fingerprint density at radius 2 is 2.14 bits per heavy atom. The number of hydrogen-bond acceptors (Lipinski definition) is 4. The van der Waals surface area contributed by atoms with Gasteiger partial charge in [0.1, 0.15) is 11.3 Å². The van der Waals surface area contributed by atoms with Gasteiger partial charge in [0.25, 0.3) is 0 Å². The molecule has 0 atom stereocenters. The molecule has 14 heavy (non-hydrogen) atoms. The lowest BCUT2D eigenvalue weighted by Crippen LogP contribution is -2.00. The SMILES string of the molecule is COc1ccc2c(N)cc(=O)oc2c1. The molecule has 1 aromatic heterocycles. The van der Waals surface area contributed by atoms with E-state index in [2.05, 4.69) is 0 Å². The summed E-state index contributed by atoms with van der Waals surface area (Å²) in [6.45, 7) is 0. The molecule has 4 heteroatoms. The van der Waals surface area contributed by atoms with Gasteiger partial charge in [0.2, 0.25) is 0 Å². The number of nitrogens with two attached hydrogens (primary N) is 1. The molecule has 0 fully saturated rings. The fraction of sp³-hybridized carbons (Fsp3) is 0.100. The van der Waals surface area contributed by atoms with Gasteiger partial charge in [0, 0.05) is 23.2 Å². The third-order valence-electron chi connectivity index (χ3n) is 1.98. The number of benzene rings is 1. The second-order valence-electron chi connectivity index (χ2n) is 2.88. The van der Waals surface area contributed by atoms with E-state index in [4.69, 9.17) is 14.9 Å². The third kappa shape index (κ3) is 1.31. The van der Waals surface area contributed by atoms with Gasteiger partial charge in [-0.05, 0) is 12.1 Å². The van der Waals surface area contributed by atoms with Gasteiger partial charge in [-0.15, -0.1) is 0 Å². The zero-order chi connectivity index (χ0) is 10.1. The maximum Gasteiger partial charge on any atom is 0.338 e. The van der Waals surface area contributed by atoms with Crippen LogP contribution in [0.25, 0.3) is 11.0 Å². The lowest BCUT2D eigenvalue weighted by molar-refractivity contribution is 0.414. The number of rotatable bonds is 1. The predicted octanol–water partition coefficient (Wildman–Crippen LogP) is 1.38. The summed E-state index contributed by atoms with van der Waals surface area (Å²) in [5.41, 5.74) is 6.05. The van der Waals surface area contributed by atoms with Crippen LogP contribution in [-0.2, 0) is 0 Å². The zero-order valence-electron chi connectivity index (χ0n) is 7.61. The van der Waals surface area contributed by atoms with Crippen LogP contribution in [0.4, 0.5) is 5.69 Å². The van der Waals surface area contributed by atoms with Crippen LogP contribution in [0.5, 0.6) is 5.75 Å². The second kappa shape index (κ2) is 3.06. The molecule has 2 aromatic rings. The summed E-state index contributed by atoms with van der Waals surface area (Å²) in [5, 5.41) is 0.713. The first-order chi connectivity index (χ1) is 6.70. The van der Waals surface area contributed by atoms with E-state index in [1.54, 1.807) is 25.3 Å². The van der Waals surface area contributed by atoms with Gasteiger partial charge >= 0.3 is 5.63 Å². The topological polar surface area (TPSA) is 65.5 Å². The number of fused-ring (bicyclic) bond motifs is 1. The van der Waals surface area contributed by atoms with Crippen molar-refractivity contribution < 1.29 is 9.15 Å². The van der Waals surface area contributed by atoms with Crippen molar-refractivity contribution in [2.45, 2.75) is 0 Å². The first-order valence-electron chi connectivity index (χ1n) is 4.08. The Labute approximate surface area is 79.9 Å². The monoisotopic (exact) mass is 191 g/mol. The summed E-state index contributed by atoms with van der Waals surface area (Å²) in [5.74, 6) is 0.631. The van der Waals surface area contributed by atoms with Crippen LogP contribution in [-0.4, -0.2) is 7.11 Å². The van der Waals surface area contributed by atoms with Gasteiger partial charge in [-0.2, -0.15) is 0 Å². The summed E-state index contributed by atoms with van der Waals surface area (Å²) >= 11 is 0. The Bertz CT molecular complexity index is 530. The standard InChI is InChI=1S/C10H9NO3/c1-13-6-2-3-7-8(11)5-10(12)14-9(7)4-6/h2-5H,11H2,1H3. The number of hydrogen-bond donors (Lipinski definition) is 1. The molecule has 1 aromatic carbocycles. The van der Waals surface area contributed by atoms with E-state index >= 15 is 0 Å². The van der Waals surface area contributed by atoms with E-state index in [1.807, 2.05) is 0 Å². The van der Waals surface area contributed by atoms with Gasteiger partial charge in [-0.3, -0.25) is 0 Å². The summed E-state index contributed by atoms with van der Waals surface area (Å²) in [4.78, 5) is 11.0. The van der Waals surface area contributed by atoms with E-state index in [-0.39, 0.29) is 0 Å². The molecular formula is C10H9NO3. The van der Waals surface area contributed by atoms with Crippen LogP contribution >= 0.6 is 0 Å². The largest absolute Gasteiger partial charge is 0.497 e. The van der Waals surface area contributed by atoms with Crippen molar-refractivity contribution in [2.75, 3.05) is 12.8 Å². The van der Waals surface area contributed by atoms with Gasteiger partial charge in [-0.1, -0.05) is 0 Å². The molecule has 72 valence electrons. The summed E-state index contributed by atoms with van der Waals surface area (Å²) in [6, 6.07) is 6.41. The van der Waals surface area contributed by atoms with E-state index in [0.717, 1.165) is 0 Å². The van der Waals surface area contributed by atoms with Crippen LogP contribution in [0.15, 0.2) is 33.5 Å². The molecule has 1 heterocycles. The quantitative estimate of drug-likeness (QED) is 0.691. The summed E-state index contributed by atoms with van der Waals surface area (Å²) < 4.78 is 9.97. The molecule has 0 radical (unpaired) electrons. The molecule has 0 unspecified atom stereocenters. The number of ether oxygens (including phenoxy) is 1. The third-order valence-corrected chi connectivity index (χ3v) is 1.98. The lowest BCUT2D eigenvalue weighted by atomic mass is 10.2. The van der Waals surface area contributed by atoms with Crippen molar-refractivity contribution in [3.63, 3.8) is 0 Å². The van der Waals surface area contributed by atoms with E-state index < -0.39 is 5.63 Å². The Hall–Kier alpha value is -1.97. The van der Waals surface area contributed by atoms with Crippen molar-refractivity contribution in [1.82, 2.24) is 0 Å². The van der Waals surface area contributed by atoms with Crippen LogP contribution in [0.3, 0.4) is 0 Å². The molecule has 2 N–H and O–H groups in total. The minimum absolute atomic E-state index is 0.416. The van der Waals surface area contributed by atoms with Gasteiger partial charge in [-0.25, -0.2) is 4.79 Å². The highest BCUT2D eigenvalue weighted by molar-refractivity contribution is 5.89. The number of methoxy groups -OCH3 is 1. The van der Waals surface area contributed by atoms with Crippen molar-refractivity contribution >= 4 is 16.7 Å². The maximum absolute atomic E-state index is 11.0. The average Bonchev–Trinajstić information content (AvgIpc) is 2.16. The predicted molar refractivity (Wildman–Crippen MR) is 53.4 cm³/mol. The molecule has 0 spiro atoms. The van der Waals surface area contributed by atoms with Gasteiger partial charge in [0.05, 0.1) is 7.11 Å². The number of nitrogen functional groups attached to an aromatic ring is 1. The van der Waals surface area contributed by atoms with E-state index in [0.29, 0.717) is 22.4 Å². The molecule has 4 nitrogen and oxygen atoms in total. The van der Waals surface area contributed by atoms with Crippen molar-refractivity contribution in [3.8, 4) is 5.75 Å². The Balaban J connectivity index is 2.82. The molecule has 0 saturated carbocycles. The minimum atomic E-state index is -0.455. The Morgan fingerprint density at radius 3 is 2.86 bits per heavy atom. The van der Waals surface area contributed by atoms with Crippen molar-refractivity contribution in [3.05, 3.63) is 34.7 Å². The van der Waals surface area contributed by atoms with Crippen molar-refractivity contribution in [1.29, 1.82) is 0 Å². The summed E-state index contributed by atoms with van der Waals surface area (Å²) in [7, 11) is 1.55. The summed E-state index contributed by atoms with van der Waals surface area (Å²) in [6.07, 6.45) is 0. The average molecular weight is 191 g/mol. The molecule has 0 bridgehead atoms. The molecule has 0 saturated heterocycles.